The number of rotatable bonds is 7. The summed E-state index contributed by atoms with van der Waals surface area (Å²) in [7, 11) is 0. The molecular weight excluding hydrogens is 743 g/mol. The van der Waals surface area contributed by atoms with Crippen molar-refractivity contribution in [1.82, 2.24) is 0 Å². The third-order valence-electron chi connectivity index (χ3n) is 12.1. The van der Waals surface area contributed by atoms with Gasteiger partial charge in [-0.15, -0.1) is 0 Å². The highest BCUT2D eigenvalue weighted by molar-refractivity contribution is 6.24. The van der Waals surface area contributed by atoms with Gasteiger partial charge in [0.2, 0.25) is 0 Å². The molecule has 0 radical (unpaired) electrons. The number of hydrogen-bond acceptors (Lipinski definition) is 3. The number of nitrogens with zero attached hydrogens (tertiary/aromatic N) is 1. The molecule has 0 unspecified atom stereocenters. The molecule has 10 aromatic carbocycles. The highest BCUT2D eigenvalue weighted by Crippen LogP contribution is 2.49. The van der Waals surface area contributed by atoms with Crippen LogP contribution < -0.4 is 4.90 Å². The highest BCUT2D eigenvalue weighted by atomic mass is 16.3. The zero-order valence-electron chi connectivity index (χ0n) is 33.1. The van der Waals surface area contributed by atoms with E-state index >= 15 is 0 Å². The summed E-state index contributed by atoms with van der Waals surface area (Å²) in [6, 6.07) is 79.7. The Labute approximate surface area is 353 Å². The van der Waals surface area contributed by atoms with Crippen LogP contribution >= 0.6 is 0 Å². The van der Waals surface area contributed by atoms with Gasteiger partial charge in [0.1, 0.15) is 16.7 Å². The van der Waals surface area contributed by atoms with Crippen LogP contribution in [0.4, 0.5) is 17.1 Å². The quantitative estimate of drug-likeness (QED) is 0.161. The van der Waals surface area contributed by atoms with Gasteiger partial charge in [0.05, 0.1) is 5.69 Å². The third-order valence-corrected chi connectivity index (χ3v) is 12.1. The molecule has 2 heterocycles. The number of para-hydroxylation sites is 2. The summed E-state index contributed by atoms with van der Waals surface area (Å²) < 4.78 is 13.8. The van der Waals surface area contributed by atoms with E-state index in [0.29, 0.717) is 0 Å². The average molecular weight is 780 g/mol. The van der Waals surface area contributed by atoms with Crippen molar-refractivity contribution in [2.24, 2.45) is 0 Å². The van der Waals surface area contributed by atoms with E-state index in [1.807, 2.05) is 12.1 Å². The van der Waals surface area contributed by atoms with Crippen LogP contribution in [0.5, 0.6) is 0 Å². The first kappa shape index (κ1) is 34.9. The molecule has 0 aliphatic rings. The van der Waals surface area contributed by atoms with Crippen LogP contribution in [-0.4, -0.2) is 0 Å². The fourth-order valence-corrected chi connectivity index (χ4v) is 9.21. The lowest BCUT2D eigenvalue weighted by Gasteiger charge is -2.26. The van der Waals surface area contributed by atoms with Crippen molar-refractivity contribution in [1.29, 1.82) is 0 Å². The molecule has 0 fully saturated rings. The molecule has 12 rings (SSSR count). The summed E-state index contributed by atoms with van der Waals surface area (Å²) in [6.07, 6.45) is 0. The molecule has 0 aliphatic carbocycles. The van der Waals surface area contributed by atoms with E-state index in [4.69, 9.17) is 8.83 Å². The lowest BCUT2D eigenvalue weighted by Crippen LogP contribution is -2.10. The van der Waals surface area contributed by atoms with Gasteiger partial charge in [0, 0.05) is 43.9 Å². The van der Waals surface area contributed by atoms with Crippen LogP contribution in [0.3, 0.4) is 0 Å². The van der Waals surface area contributed by atoms with Crippen LogP contribution in [0.25, 0.3) is 99.2 Å². The second-order valence-corrected chi connectivity index (χ2v) is 15.6. The largest absolute Gasteiger partial charge is 0.455 e. The number of benzene rings is 10. The van der Waals surface area contributed by atoms with Crippen molar-refractivity contribution in [3.63, 3.8) is 0 Å². The number of hydrogen-bond donors (Lipinski definition) is 0. The maximum Gasteiger partial charge on any atom is 0.160 e. The lowest BCUT2D eigenvalue weighted by molar-refractivity contribution is 0.670. The Balaban J connectivity index is 1.10. The van der Waals surface area contributed by atoms with Gasteiger partial charge >= 0.3 is 0 Å². The second-order valence-electron chi connectivity index (χ2n) is 15.6. The number of fused-ring (bicyclic) bond motifs is 8. The summed E-state index contributed by atoms with van der Waals surface area (Å²) in [6.45, 7) is 0. The molecule has 0 amide bonds. The third kappa shape index (κ3) is 5.82. The Hall–Kier alpha value is -8.14. The first-order chi connectivity index (χ1) is 30.3. The minimum Gasteiger partial charge on any atom is -0.455 e. The van der Waals surface area contributed by atoms with Gasteiger partial charge in [-0.3, -0.25) is 0 Å². The van der Waals surface area contributed by atoms with Gasteiger partial charge in [-0.05, 0) is 86.8 Å². The van der Waals surface area contributed by atoms with Gasteiger partial charge in [-0.1, -0.05) is 182 Å². The van der Waals surface area contributed by atoms with E-state index in [1.54, 1.807) is 0 Å². The van der Waals surface area contributed by atoms with Gasteiger partial charge < -0.3 is 13.7 Å². The van der Waals surface area contributed by atoms with E-state index in [0.717, 1.165) is 99.5 Å². The Morgan fingerprint density at radius 2 is 0.787 bits per heavy atom. The van der Waals surface area contributed by atoms with Gasteiger partial charge in [-0.2, -0.15) is 0 Å². The van der Waals surface area contributed by atoms with Gasteiger partial charge in [-0.25, -0.2) is 0 Å². The summed E-state index contributed by atoms with van der Waals surface area (Å²) in [5.74, 6) is 0. The fourth-order valence-electron chi connectivity index (χ4n) is 9.21. The zero-order valence-corrected chi connectivity index (χ0v) is 33.1. The van der Waals surface area contributed by atoms with E-state index in [1.165, 1.54) is 16.7 Å². The summed E-state index contributed by atoms with van der Waals surface area (Å²) in [5, 5.41) is 6.65. The molecule has 0 atom stereocenters. The molecule has 0 saturated heterocycles. The van der Waals surface area contributed by atoms with Crippen molar-refractivity contribution >= 4 is 71.7 Å². The summed E-state index contributed by atoms with van der Waals surface area (Å²) in [5.41, 5.74) is 15.6. The van der Waals surface area contributed by atoms with E-state index in [9.17, 15) is 0 Å². The Morgan fingerprint density at radius 3 is 1.48 bits per heavy atom. The van der Waals surface area contributed by atoms with Crippen molar-refractivity contribution in [2.75, 3.05) is 4.90 Å². The van der Waals surface area contributed by atoms with Crippen LogP contribution in [0.15, 0.2) is 233 Å². The van der Waals surface area contributed by atoms with E-state index < -0.39 is 0 Å². The second kappa shape index (κ2) is 14.3. The van der Waals surface area contributed by atoms with E-state index in [2.05, 4.69) is 217 Å². The monoisotopic (exact) mass is 779 g/mol. The topological polar surface area (TPSA) is 29.5 Å². The molecule has 286 valence electrons. The minimum absolute atomic E-state index is 0.829. The van der Waals surface area contributed by atoms with Crippen LogP contribution in [0.2, 0.25) is 0 Å². The van der Waals surface area contributed by atoms with Crippen molar-refractivity contribution in [3.05, 3.63) is 224 Å². The standard InChI is InChI=1S/C58H37NO2/c1-4-15-38(16-5-1)39-27-31-43(32-28-39)59(44-33-29-42(30-34-44)46-24-14-25-50-48-22-12-13-26-54(48)60-56(46)50)53-36-35-45(40-17-6-2-7-18-40)55-52-37-51(41-19-8-3-9-20-41)47-21-10-11-23-49(47)57(52)61-58(53)55/h1-37H. The summed E-state index contributed by atoms with van der Waals surface area (Å²) in [4.78, 5) is 2.33. The summed E-state index contributed by atoms with van der Waals surface area (Å²) >= 11 is 0. The zero-order chi connectivity index (χ0) is 40.3. The normalized spacial score (nSPS) is 11.6. The maximum atomic E-state index is 7.28. The average Bonchev–Trinajstić information content (AvgIpc) is 3.92. The van der Waals surface area contributed by atoms with Crippen LogP contribution in [0.1, 0.15) is 0 Å². The van der Waals surface area contributed by atoms with E-state index in [-0.39, 0.29) is 0 Å². The number of anilines is 3. The van der Waals surface area contributed by atoms with Crippen molar-refractivity contribution < 1.29 is 8.83 Å². The van der Waals surface area contributed by atoms with Crippen LogP contribution in [-0.2, 0) is 0 Å². The predicted octanol–water partition coefficient (Wildman–Crippen LogP) is 16.8. The molecule has 2 aromatic heterocycles. The lowest BCUT2D eigenvalue weighted by atomic mass is 9.93. The first-order valence-electron chi connectivity index (χ1n) is 20.7. The van der Waals surface area contributed by atoms with Crippen molar-refractivity contribution in [2.45, 2.75) is 0 Å². The van der Waals surface area contributed by atoms with Gasteiger partial charge in [0.25, 0.3) is 0 Å². The molecule has 0 bridgehead atoms. The molecule has 0 N–H and O–H groups in total. The molecule has 3 nitrogen and oxygen atoms in total. The van der Waals surface area contributed by atoms with Crippen molar-refractivity contribution in [3.8, 4) is 44.5 Å². The minimum atomic E-state index is 0.829. The molecular formula is C58H37NO2. The highest BCUT2D eigenvalue weighted by Gasteiger charge is 2.24. The Morgan fingerprint density at radius 1 is 0.279 bits per heavy atom. The smallest absolute Gasteiger partial charge is 0.160 e. The molecule has 0 aliphatic heterocycles. The predicted molar refractivity (Wildman–Crippen MR) is 255 cm³/mol. The Bertz CT molecular complexity index is 3550. The van der Waals surface area contributed by atoms with Crippen LogP contribution in [0, 0.1) is 0 Å². The molecule has 61 heavy (non-hydrogen) atoms. The fraction of sp³-hybridized carbons (Fsp3) is 0. The maximum absolute atomic E-state index is 7.28. The molecule has 0 spiro atoms. The molecule has 0 saturated carbocycles. The first-order valence-corrected chi connectivity index (χ1v) is 20.7. The SMILES string of the molecule is c1ccc(-c2ccc(N(c3ccc(-c4cccc5c4oc4ccccc45)cc3)c3ccc(-c4ccccc4)c4c3oc3c5ccccc5c(-c5ccccc5)cc34)cc2)cc1. The molecule has 3 heteroatoms. The van der Waals surface area contributed by atoms with Gasteiger partial charge in [0.15, 0.2) is 5.58 Å². The Kier molecular flexibility index (Phi) is 8.17. The molecule has 12 aromatic rings. The number of furan rings is 2.